The molecule has 6 heteroatoms. The highest BCUT2D eigenvalue weighted by atomic mass is 16.5. The Morgan fingerprint density at radius 3 is 2.75 bits per heavy atom. The maximum absolute atomic E-state index is 12.7. The molecule has 3 aromatic rings. The molecule has 0 unspecified atom stereocenters. The van der Waals surface area contributed by atoms with Crippen molar-refractivity contribution >= 4 is 22.6 Å². The molecule has 2 aromatic heterocycles. The number of aromatic nitrogens is 2. The van der Waals surface area contributed by atoms with E-state index in [1.165, 1.54) is 13.3 Å². The molecule has 1 N–H and O–H groups in total. The van der Waals surface area contributed by atoms with Crippen LogP contribution in [0.3, 0.4) is 0 Å². The van der Waals surface area contributed by atoms with Gasteiger partial charge in [0.15, 0.2) is 0 Å². The van der Waals surface area contributed by atoms with Gasteiger partial charge in [-0.3, -0.25) is 9.59 Å². The fourth-order valence-electron chi connectivity index (χ4n) is 2.56. The summed E-state index contributed by atoms with van der Waals surface area (Å²) in [6.45, 7) is 1.83. The summed E-state index contributed by atoms with van der Waals surface area (Å²) in [5.41, 5.74) is 1.23. The van der Waals surface area contributed by atoms with Crippen LogP contribution in [-0.2, 0) is 7.05 Å². The number of nitrogens with zero attached hydrogens (tertiary/aromatic N) is 2. The van der Waals surface area contributed by atoms with Crippen LogP contribution in [0.25, 0.3) is 10.9 Å². The second kappa shape index (κ2) is 6.16. The molecular weight excluding hydrogens is 306 g/mol. The Labute approximate surface area is 138 Å². The lowest BCUT2D eigenvalue weighted by atomic mass is 10.1. The number of hydrogen-bond acceptors (Lipinski definition) is 4. The van der Waals surface area contributed by atoms with E-state index in [0.29, 0.717) is 17.0 Å². The summed E-state index contributed by atoms with van der Waals surface area (Å²) >= 11 is 0. The second-order valence-electron chi connectivity index (χ2n) is 5.48. The van der Waals surface area contributed by atoms with Crippen molar-refractivity contribution < 1.29 is 9.53 Å². The smallest absolute Gasteiger partial charge is 0.262 e. The average Bonchev–Trinajstić information content (AvgIpc) is 2.57. The number of nitrogens with one attached hydrogen (secondary N) is 1. The average molecular weight is 323 g/mol. The number of carbonyl (C=O) groups excluding carboxylic acids is 1. The van der Waals surface area contributed by atoms with E-state index in [1.54, 1.807) is 41.9 Å². The summed E-state index contributed by atoms with van der Waals surface area (Å²) in [6, 6.07) is 10.5. The van der Waals surface area contributed by atoms with Gasteiger partial charge in [-0.1, -0.05) is 6.07 Å². The SMILES string of the molecule is COc1ccc2c(c1)c(=O)c(C(=O)Nc1cccc(C)n1)cn2C. The Morgan fingerprint density at radius 2 is 2.04 bits per heavy atom. The summed E-state index contributed by atoms with van der Waals surface area (Å²) in [4.78, 5) is 29.4. The molecule has 3 rings (SSSR count). The van der Waals surface area contributed by atoms with Crippen molar-refractivity contribution in [1.29, 1.82) is 0 Å². The number of anilines is 1. The van der Waals surface area contributed by atoms with Gasteiger partial charge in [0.2, 0.25) is 5.43 Å². The first-order valence-corrected chi connectivity index (χ1v) is 7.42. The summed E-state index contributed by atoms with van der Waals surface area (Å²) in [6.07, 6.45) is 1.53. The van der Waals surface area contributed by atoms with Gasteiger partial charge in [-0.15, -0.1) is 0 Å². The van der Waals surface area contributed by atoms with Gasteiger partial charge in [-0.2, -0.15) is 0 Å². The highest BCUT2D eigenvalue weighted by Gasteiger charge is 2.15. The maximum atomic E-state index is 12.7. The van der Waals surface area contributed by atoms with Gasteiger partial charge in [-0.25, -0.2) is 4.98 Å². The Balaban J connectivity index is 2.07. The molecule has 0 aliphatic carbocycles. The molecule has 6 nitrogen and oxygen atoms in total. The van der Waals surface area contributed by atoms with Gasteiger partial charge in [0.05, 0.1) is 18.0 Å². The number of rotatable bonds is 3. The molecule has 24 heavy (non-hydrogen) atoms. The Kier molecular flexibility index (Phi) is 4.04. The number of fused-ring (bicyclic) bond motifs is 1. The van der Waals surface area contributed by atoms with E-state index >= 15 is 0 Å². The van der Waals surface area contributed by atoms with Crippen molar-refractivity contribution in [3.05, 3.63) is 64.1 Å². The minimum absolute atomic E-state index is 0.0570. The minimum Gasteiger partial charge on any atom is -0.497 e. The first-order valence-electron chi connectivity index (χ1n) is 7.42. The largest absolute Gasteiger partial charge is 0.497 e. The second-order valence-corrected chi connectivity index (χ2v) is 5.48. The molecule has 1 aromatic carbocycles. The third-order valence-electron chi connectivity index (χ3n) is 3.77. The number of ether oxygens (including phenoxy) is 1. The first-order chi connectivity index (χ1) is 11.5. The zero-order valence-electron chi connectivity index (χ0n) is 13.7. The molecule has 0 aliphatic heterocycles. The van der Waals surface area contributed by atoms with E-state index in [2.05, 4.69) is 10.3 Å². The fraction of sp³-hybridized carbons (Fsp3) is 0.167. The highest BCUT2D eigenvalue weighted by Crippen LogP contribution is 2.18. The van der Waals surface area contributed by atoms with Crippen molar-refractivity contribution in [1.82, 2.24) is 9.55 Å². The number of methoxy groups -OCH3 is 1. The number of hydrogen-bond donors (Lipinski definition) is 1. The molecule has 0 bridgehead atoms. The van der Waals surface area contributed by atoms with Crippen molar-refractivity contribution in [2.75, 3.05) is 12.4 Å². The number of pyridine rings is 2. The van der Waals surface area contributed by atoms with E-state index in [4.69, 9.17) is 4.74 Å². The maximum Gasteiger partial charge on any atom is 0.262 e. The standard InChI is InChI=1S/C18H17N3O3/c1-11-5-4-6-16(19-11)20-18(23)14-10-21(2)15-8-7-12(24-3)9-13(15)17(14)22/h4-10H,1-3H3,(H,19,20,23). The molecule has 0 aliphatic rings. The molecule has 0 saturated heterocycles. The van der Waals surface area contributed by atoms with Gasteiger partial charge in [0.1, 0.15) is 17.1 Å². The normalized spacial score (nSPS) is 10.6. The highest BCUT2D eigenvalue weighted by molar-refractivity contribution is 6.05. The zero-order chi connectivity index (χ0) is 17.3. The zero-order valence-corrected chi connectivity index (χ0v) is 13.7. The molecule has 122 valence electrons. The molecule has 0 radical (unpaired) electrons. The van der Waals surface area contributed by atoms with Crippen molar-refractivity contribution in [3.63, 3.8) is 0 Å². The summed E-state index contributed by atoms with van der Waals surface area (Å²) in [5.74, 6) is 0.490. The Morgan fingerprint density at radius 1 is 1.25 bits per heavy atom. The number of amides is 1. The Hall–Kier alpha value is -3.15. The van der Waals surface area contributed by atoms with E-state index in [1.807, 2.05) is 13.0 Å². The molecule has 0 spiro atoms. The molecule has 0 fully saturated rings. The van der Waals surface area contributed by atoms with Crippen LogP contribution in [0.5, 0.6) is 5.75 Å². The number of carbonyl (C=O) groups is 1. The van der Waals surface area contributed by atoms with E-state index in [-0.39, 0.29) is 11.0 Å². The van der Waals surface area contributed by atoms with Crippen LogP contribution in [0.15, 0.2) is 47.4 Å². The van der Waals surface area contributed by atoms with Crippen LogP contribution in [-0.4, -0.2) is 22.6 Å². The monoisotopic (exact) mass is 323 g/mol. The van der Waals surface area contributed by atoms with Crippen molar-refractivity contribution in [3.8, 4) is 5.75 Å². The predicted octanol–water partition coefficient (Wildman–Crippen LogP) is 2.50. The third-order valence-corrected chi connectivity index (χ3v) is 3.77. The quantitative estimate of drug-likeness (QED) is 0.804. The molecule has 0 saturated carbocycles. The van der Waals surface area contributed by atoms with Crippen LogP contribution in [0, 0.1) is 6.92 Å². The molecule has 2 heterocycles. The minimum atomic E-state index is -0.488. The van der Waals surface area contributed by atoms with Gasteiger partial charge < -0.3 is 14.6 Å². The van der Waals surface area contributed by atoms with E-state index in [9.17, 15) is 9.59 Å². The van der Waals surface area contributed by atoms with Crippen LogP contribution >= 0.6 is 0 Å². The lowest BCUT2D eigenvalue weighted by Crippen LogP contribution is -2.23. The van der Waals surface area contributed by atoms with Crippen LogP contribution in [0.4, 0.5) is 5.82 Å². The predicted molar refractivity (Wildman–Crippen MR) is 92.7 cm³/mol. The van der Waals surface area contributed by atoms with Crippen LogP contribution < -0.4 is 15.5 Å². The first kappa shape index (κ1) is 15.7. The van der Waals surface area contributed by atoms with E-state index in [0.717, 1.165) is 11.2 Å². The van der Waals surface area contributed by atoms with Gasteiger partial charge in [-0.05, 0) is 37.3 Å². The van der Waals surface area contributed by atoms with Crippen LogP contribution in [0.2, 0.25) is 0 Å². The Bertz CT molecular complexity index is 992. The fourth-order valence-corrected chi connectivity index (χ4v) is 2.56. The lowest BCUT2D eigenvalue weighted by Gasteiger charge is -2.10. The molecule has 0 atom stereocenters. The summed E-state index contributed by atoms with van der Waals surface area (Å²) in [5, 5.41) is 3.10. The summed E-state index contributed by atoms with van der Waals surface area (Å²) in [7, 11) is 3.32. The lowest BCUT2D eigenvalue weighted by molar-refractivity contribution is 0.102. The third kappa shape index (κ3) is 2.86. The summed E-state index contributed by atoms with van der Waals surface area (Å²) < 4.78 is 6.91. The topological polar surface area (TPSA) is 73.2 Å². The van der Waals surface area contributed by atoms with Gasteiger partial charge in [0, 0.05) is 18.9 Å². The van der Waals surface area contributed by atoms with E-state index < -0.39 is 5.91 Å². The molecular formula is C18H17N3O3. The van der Waals surface area contributed by atoms with Gasteiger partial charge >= 0.3 is 0 Å². The van der Waals surface area contributed by atoms with Gasteiger partial charge in [0.25, 0.3) is 5.91 Å². The van der Waals surface area contributed by atoms with Crippen molar-refractivity contribution in [2.24, 2.45) is 7.05 Å². The number of aryl methyl sites for hydroxylation is 2. The number of benzene rings is 1. The van der Waals surface area contributed by atoms with Crippen molar-refractivity contribution in [2.45, 2.75) is 6.92 Å². The van der Waals surface area contributed by atoms with Crippen LogP contribution in [0.1, 0.15) is 16.1 Å². The molecule has 1 amide bonds.